The molecule has 0 atom stereocenters. The molecule has 2 saturated carbocycles. The van der Waals surface area contributed by atoms with E-state index >= 15 is 0 Å². The molecule has 2 aliphatic carbocycles. The molecule has 2 rings (SSSR count). The van der Waals surface area contributed by atoms with Gasteiger partial charge in [0, 0.05) is 11.9 Å². The summed E-state index contributed by atoms with van der Waals surface area (Å²) in [5.41, 5.74) is 0. The Balaban J connectivity index is 0.000000443. The first-order chi connectivity index (χ1) is 11.6. The van der Waals surface area contributed by atoms with Crippen molar-refractivity contribution in [2.24, 2.45) is 11.8 Å². The molecule has 5 heteroatoms. The van der Waals surface area contributed by atoms with Crippen LogP contribution in [0.5, 0.6) is 0 Å². The van der Waals surface area contributed by atoms with Gasteiger partial charge in [-0.15, -0.1) is 0 Å². The van der Waals surface area contributed by atoms with E-state index in [0.717, 1.165) is 37.5 Å². The Hall–Kier alpha value is -0.541. The fraction of sp³-hybridized carbons (Fsp3) is 0.900. The van der Waals surface area contributed by atoms with E-state index < -0.39 is 11.9 Å². The van der Waals surface area contributed by atoms with Crippen LogP contribution in [0.4, 0.5) is 0 Å². The van der Waals surface area contributed by atoms with Gasteiger partial charge in [0.25, 0.3) is 0 Å². The fourth-order valence-corrected chi connectivity index (χ4v) is 4.02. The van der Waals surface area contributed by atoms with Crippen LogP contribution >= 0.6 is 0 Å². The summed E-state index contributed by atoms with van der Waals surface area (Å²) < 4.78 is 0. The zero-order valence-corrected chi connectivity index (χ0v) is 16.7. The van der Waals surface area contributed by atoms with E-state index in [1.807, 2.05) is 0 Å². The Kier molecular flexibility index (Phi) is 15.4. The maximum Gasteiger partial charge on any atom is 2.00 e. The Labute approximate surface area is 163 Å². The third kappa shape index (κ3) is 14.3. The summed E-state index contributed by atoms with van der Waals surface area (Å²) in [5.74, 6) is -0.187. The minimum absolute atomic E-state index is 0. The van der Waals surface area contributed by atoms with Crippen LogP contribution in [-0.4, -0.2) is 11.9 Å². The molecule has 1 radical (unpaired) electrons. The molecule has 2 fully saturated rings. The van der Waals surface area contributed by atoms with E-state index in [4.69, 9.17) is 0 Å². The predicted octanol–water partition coefficient (Wildman–Crippen LogP) is 2.97. The summed E-state index contributed by atoms with van der Waals surface area (Å²) in [6.07, 6.45) is 17.7. The van der Waals surface area contributed by atoms with Crippen molar-refractivity contribution in [2.45, 2.75) is 103 Å². The van der Waals surface area contributed by atoms with Gasteiger partial charge in [0.1, 0.15) is 0 Å². The van der Waals surface area contributed by atoms with Crippen LogP contribution in [0.25, 0.3) is 0 Å². The van der Waals surface area contributed by atoms with E-state index in [9.17, 15) is 19.8 Å². The van der Waals surface area contributed by atoms with E-state index in [1.165, 1.54) is 64.2 Å². The van der Waals surface area contributed by atoms with Crippen LogP contribution < -0.4 is 10.2 Å². The Morgan fingerprint density at radius 1 is 0.640 bits per heavy atom. The van der Waals surface area contributed by atoms with Gasteiger partial charge in [-0.2, -0.15) is 0 Å². The van der Waals surface area contributed by atoms with Crippen molar-refractivity contribution in [1.82, 2.24) is 0 Å². The first-order valence-corrected chi connectivity index (χ1v) is 9.97. The second-order valence-corrected chi connectivity index (χ2v) is 7.54. The largest absolute Gasteiger partial charge is 2.00 e. The van der Waals surface area contributed by atoms with Crippen molar-refractivity contribution in [1.29, 1.82) is 0 Å². The summed E-state index contributed by atoms with van der Waals surface area (Å²) in [6, 6.07) is 0. The number of carboxylic acid groups (broad SMARTS) is 2. The standard InChI is InChI=1S/2C10H18O2.Mn/c2*11-10(12)8-4-7-9-5-2-1-3-6-9;/h2*9H,1-8H2,(H,11,12);/q;;+2/p-2. The Bertz CT molecular complexity index is 314. The molecule has 0 amide bonds. The molecule has 0 aromatic heterocycles. The average molecular weight is 393 g/mol. The molecular weight excluding hydrogens is 359 g/mol. The van der Waals surface area contributed by atoms with E-state index in [2.05, 4.69) is 0 Å². The molecule has 145 valence electrons. The molecule has 0 aliphatic heterocycles. The minimum atomic E-state index is -0.897. The third-order valence-electron chi connectivity index (χ3n) is 5.44. The molecule has 0 saturated heterocycles. The maximum absolute atomic E-state index is 10.1. The normalized spacial score (nSPS) is 18.6. The van der Waals surface area contributed by atoms with Gasteiger partial charge in [-0.25, -0.2) is 0 Å². The first kappa shape index (κ1) is 24.5. The van der Waals surface area contributed by atoms with Gasteiger partial charge in [0.15, 0.2) is 0 Å². The monoisotopic (exact) mass is 393 g/mol. The van der Waals surface area contributed by atoms with Crippen LogP contribution in [0.15, 0.2) is 0 Å². The number of hydrogen-bond donors (Lipinski definition) is 0. The molecule has 0 bridgehead atoms. The summed E-state index contributed by atoms with van der Waals surface area (Å²) in [7, 11) is 0. The van der Waals surface area contributed by atoms with Gasteiger partial charge >= 0.3 is 17.1 Å². The molecule has 0 N–H and O–H groups in total. The van der Waals surface area contributed by atoms with Crippen molar-refractivity contribution in [3.8, 4) is 0 Å². The number of carbonyl (C=O) groups is 2. The van der Waals surface area contributed by atoms with Crippen LogP contribution in [0, 0.1) is 11.8 Å². The SMILES string of the molecule is O=C([O-])CCCC1CCCCC1.O=C([O-])CCCC1CCCCC1.[Mn+2]. The summed E-state index contributed by atoms with van der Waals surface area (Å²) in [5, 5.41) is 20.3. The summed E-state index contributed by atoms with van der Waals surface area (Å²) in [6.45, 7) is 0. The molecule has 4 nitrogen and oxygen atoms in total. The van der Waals surface area contributed by atoms with Gasteiger partial charge < -0.3 is 19.8 Å². The third-order valence-corrected chi connectivity index (χ3v) is 5.44. The van der Waals surface area contributed by atoms with Gasteiger partial charge in [-0.05, 0) is 37.5 Å². The van der Waals surface area contributed by atoms with Crippen LogP contribution in [-0.2, 0) is 26.7 Å². The number of rotatable bonds is 8. The molecule has 0 aromatic rings. The number of carbonyl (C=O) groups excluding carboxylic acids is 2. The van der Waals surface area contributed by atoms with Crippen LogP contribution in [0.2, 0.25) is 0 Å². The van der Waals surface area contributed by atoms with E-state index in [-0.39, 0.29) is 29.9 Å². The van der Waals surface area contributed by atoms with E-state index in [1.54, 1.807) is 0 Å². The number of hydrogen-bond acceptors (Lipinski definition) is 4. The van der Waals surface area contributed by atoms with Crippen molar-refractivity contribution >= 4 is 11.9 Å². The van der Waals surface area contributed by atoms with Gasteiger partial charge in [-0.3, -0.25) is 0 Å². The zero-order valence-electron chi connectivity index (χ0n) is 15.5. The molecule has 0 unspecified atom stereocenters. The van der Waals surface area contributed by atoms with Crippen molar-refractivity contribution in [3.63, 3.8) is 0 Å². The first-order valence-electron chi connectivity index (χ1n) is 9.97. The number of carboxylic acids is 2. The van der Waals surface area contributed by atoms with Gasteiger partial charge in [0.05, 0.1) is 0 Å². The van der Waals surface area contributed by atoms with Gasteiger partial charge in [-0.1, -0.05) is 77.0 Å². The van der Waals surface area contributed by atoms with Gasteiger partial charge in [0.2, 0.25) is 0 Å². The second-order valence-electron chi connectivity index (χ2n) is 7.54. The summed E-state index contributed by atoms with van der Waals surface area (Å²) >= 11 is 0. The molecule has 25 heavy (non-hydrogen) atoms. The van der Waals surface area contributed by atoms with E-state index in [0.29, 0.717) is 0 Å². The fourth-order valence-electron chi connectivity index (χ4n) is 4.02. The number of aliphatic carboxylic acids is 2. The molecule has 2 aliphatic rings. The molecule has 0 heterocycles. The van der Waals surface area contributed by atoms with Crippen molar-refractivity contribution < 1.29 is 36.9 Å². The predicted molar refractivity (Wildman–Crippen MR) is 90.9 cm³/mol. The molecule has 0 spiro atoms. The molecular formula is C20H34MnO4. The van der Waals surface area contributed by atoms with Crippen LogP contribution in [0.1, 0.15) is 103 Å². The zero-order chi connectivity index (χ0) is 17.6. The smallest absolute Gasteiger partial charge is 0.550 e. The van der Waals surface area contributed by atoms with Crippen molar-refractivity contribution in [3.05, 3.63) is 0 Å². The Morgan fingerprint density at radius 3 is 1.24 bits per heavy atom. The van der Waals surface area contributed by atoms with Crippen LogP contribution in [0.3, 0.4) is 0 Å². The average Bonchev–Trinajstić information content (AvgIpc) is 2.57. The van der Waals surface area contributed by atoms with Crippen molar-refractivity contribution in [2.75, 3.05) is 0 Å². The molecule has 0 aromatic carbocycles. The Morgan fingerprint density at radius 2 is 0.960 bits per heavy atom. The second kappa shape index (κ2) is 15.7. The topological polar surface area (TPSA) is 80.3 Å². The maximum atomic E-state index is 10.1. The summed E-state index contributed by atoms with van der Waals surface area (Å²) in [4.78, 5) is 20.3. The minimum Gasteiger partial charge on any atom is -0.550 e. The quantitative estimate of drug-likeness (QED) is 0.594.